The number of hydrogen-bond donors (Lipinski definition) is 2. The van der Waals surface area contributed by atoms with Crippen LogP contribution in [0, 0.1) is 25.5 Å². The third kappa shape index (κ3) is 6.99. The zero-order valence-electron chi connectivity index (χ0n) is 28.4. The third-order valence-corrected chi connectivity index (χ3v) is 16.3. The Hall–Kier alpha value is -4.32. The van der Waals surface area contributed by atoms with Crippen molar-refractivity contribution in [2.45, 2.75) is 68.8 Å². The van der Waals surface area contributed by atoms with Crippen LogP contribution in [0.15, 0.2) is 72.9 Å². The maximum atomic E-state index is 16.2. The minimum absolute atomic E-state index is 0.197. The number of piperidine rings is 1. The molecule has 0 aliphatic carbocycles. The Balaban J connectivity index is 1.04. The topological polar surface area (TPSA) is 96.9 Å². The summed E-state index contributed by atoms with van der Waals surface area (Å²) in [4.78, 5) is 28.5. The summed E-state index contributed by atoms with van der Waals surface area (Å²) in [5, 5.41) is 16.1. The van der Waals surface area contributed by atoms with Crippen molar-refractivity contribution < 1.29 is 18.4 Å². The third-order valence-electron chi connectivity index (χ3n) is 10.1. The van der Waals surface area contributed by atoms with E-state index in [2.05, 4.69) is 37.9 Å². The summed E-state index contributed by atoms with van der Waals surface area (Å²) in [6, 6.07) is 20.8. The minimum Gasteiger partial charge on any atom is -0.206 e. The van der Waals surface area contributed by atoms with Crippen LogP contribution >= 0.6 is 19.8 Å². The summed E-state index contributed by atoms with van der Waals surface area (Å²) in [5.41, 5.74) is 5.82. The maximum absolute atomic E-state index is 16.2. The van der Waals surface area contributed by atoms with Crippen LogP contribution in [0.4, 0.5) is 14.6 Å². The molecule has 0 saturated carbocycles. The van der Waals surface area contributed by atoms with Gasteiger partial charge in [-0.3, -0.25) is 0 Å². The molecule has 5 aromatic rings. The number of carbonyl (C=O) groups is 2. The molecular weight excluding hydrogens is 747 g/mol. The summed E-state index contributed by atoms with van der Waals surface area (Å²) >= 11 is -1.42. The van der Waals surface area contributed by atoms with Gasteiger partial charge in [-0.15, -0.1) is 0 Å². The Morgan fingerprint density at radius 3 is 2.40 bits per heavy atom. The van der Waals surface area contributed by atoms with E-state index in [9.17, 15) is 14.0 Å². The van der Waals surface area contributed by atoms with Gasteiger partial charge < -0.3 is 0 Å². The van der Waals surface area contributed by atoms with Crippen LogP contribution in [0.2, 0.25) is 0 Å². The number of anilines is 1. The average Bonchev–Trinajstić information content (AvgIpc) is 3.12. The van der Waals surface area contributed by atoms with Crippen molar-refractivity contribution in [2.75, 3.05) is 14.2 Å². The number of nitrogens with zero attached hydrogens (tertiary/aromatic N) is 3. The van der Waals surface area contributed by atoms with Crippen LogP contribution in [0.1, 0.15) is 84.0 Å². The fourth-order valence-electron chi connectivity index (χ4n) is 7.09. The van der Waals surface area contributed by atoms with E-state index in [1.54, 1.807) is 31.3 Å². The molecule has 2 fully saturated rings. The number of hydrogen-bond acceptors (Lipinski definition) is 6. The van der Waals surface area contributed by atoms with E-state index in [1.165, 1.54) is 5.56 Å². The van der Waals surface area contributed by atoms with Gasteiger partial charge in [-0.25, -0.2) is 4.39 Å². The van der Waals surface area contributed by atoms with Gasteiger partial charge in [0.05, 0.1) is 0 Å². The minimum atomic E-state index is -1.42. The fourth-order valence-corrected chi connectivity index (χ4v) is 13.4. The first kappa shape index (κ1) is 34.1. The Morgan fingerprint density at radius 1 is 0.900 bits per heavy atom. The number of amides is 2. The molecule has 0 radical (unpaired) electrons. The first-order valence-electron chi connectivity index (χ1n) is 17.1. The number of rotatable bonds is 8. The van der Waals surface area contributed by atoms with Crippen LogP contribution in [-0.4, -0.2) is 35.9 Å². The summed E-state index contributed by atoms with van der Waals surface area (Å²) in [6.07, 6.45) is 4.84. The van der Waals surface area contributed by atoms with Crippen LogP contribution in [0.25, 0.3) is 22.0 Å². The van der Waals surface area contributed by atoms with E-state index in [4.69, 9.17) is 0 Å². The summed E-state index contributed by atoms with van der Waals surface area (Å²) in [5.74, 6) is -0.176. The molecule has 4 heterocycles. The average molecular weight is 788 g/mol. The molecule has 2 saturated heterocycles. The number of imide groups is 1. The molecule has 7 nitrogen and oxygen atoms in total. The molecule has 2 amide bonds. The normalized spacial score (nSPS) is 18.3. The number of benzene rings is 3. The molecule has 1 unspecified atom stereocenters. The Labute approximate surface area is 298 Å². The van der Waals surface area contributed by atoms with Gasteiger partial charge in [-0.05, 0) is 12.5 Å². The second kappa shape index (κ2) is 14.5. The second-order valence-corrected chi connectivity index (χ2v) is 19.6. The summed E-state index contributed by atoms with van der Waals surface area (Å²) in [7, 11) is 0. The quantitative estimate of drug-likeness (QED) is 0.0928. The first-order valence-corrected chi connectivity index (χ1v) is 21.7. The van der Waals surface area contributed by atoms with Gasteiger partial charge in [0, 0.05) is 0 Å². The summed E-state index contributed by atoms with van der Waals surface area (Å²) < 4.78 is 34.3. The molecule has 10 heteroatoms. The number of carbonyl (C=O) groups excluding carboxylic acids is 2. The number of nitrogens with one attached hydrogen (secondary N) is 2. The zero-order chi connectivity index (χ0) is 34.9. The molecule has 0 spiro atoms. The number of aryl methyl sites for hydroxylation is 2. The van der Waals surface area contributed by atoms with E-state index in [0.29, 0.717) is 52.7 Å². The molecule has 2 atom stereocenters. The van der Waals surface area contributed by atoms with E-state index < -0.39 is 19.8 Å². The van der Waals surface area contributed by atoms with Gasteiger partial charge in [-0.2, -0.15) is 0 Å². The molecule has 2 aliphatic heterocycles. The molecular formula is C40H40F2IN5O2. The molecule has 50 heavy (non-hydrogen) atoms. The van der Waals surface area contributed by atoms with E-state index in [-0.39, 0.29) is 35.4 Å². The number of halogens is 3. The van der Waals surface area contributed by atoms with Crippen molar-refractivity contribution >= 4 is 48.2 Å². The van der Waals surface area contributed by atoms with Gasteiger partial charge in [0.15, 0.2) is 0 Å². The number of fused-ring (bicyclic) bond motifs is 1. The fraction of sp³-hybridized carbons (Fsp3) is 0.325. The number of pyridine rings is 1. The van der Waals surface area contributed by atoms with E-state index in [1.807, 2.05) is 50.2 Å². The SMILES string of the molecule is Cc1cccc([C@@H](C)Nc2nnc(C)c3cnc(-c4cccc(CI5CCC(c6ccc(C7CCC(=O)NC7=O)cc6)CC5)c4F)cc23)c1F. The number of aromatic nitrogens is 3. The van der Waals surface area contributed by atoms with Gasteiger partial charge in [-0.1, -0.05) is 12.1 Å². The van der Waals surface area contributed by atoms with Gasteiger partial charge >= 0.3 is 270 Å². The standard InChI is InChI=1S/C40H40F2IN5O2/c1-23-6-4-8-30(37(23)41)24(2)45-39-33-20-35(44-22-34(33)25(3)47-48-39)32-9-5-7-29(38(32)42)21-43-18-16-27(17-19-43)26-10-12-28(13-11-26)31-14-15-36(49)46-40(31)50/h4-13,20,22,24,27,31H,14-19,21H2,1-3H3,(H,45,48)(H,46,49,50)/t24-,31?/m1/s1. The molecule has 0 bridgehead atoms. The van der Waals surface area contributed by atoms with Gasteiger partial charge in [0.1, 0.15) is 0 Å². The van der Waals surface area contributed by atoms with Crippen molar-refractivity contribution in [1.29, 1.82) is 0 Å². The monoisotopic (exact) mass is 787 g/mol. The van der Waals surface area contributed by atoms with Crippen molar-refractivity contribution in [3.63, 3.8) is 0 Å². The van der Waals surface area contributed by atoms with E-state index >= 15 is 4.39 Å². The predicted octanol–water partition coefficient (Wildman–Crippen LogP) is 8.86. The molecule has 3 aromatic carbocycles. The smallest absolute Gasteiger partial charge is 0.206 e. The Morgan fingerprint density at radius 2 is 1.64 bits per heavy atom. The first-order chi connectivity index (χ1) is 24.2. The van der Waals surface area contributed by atoms with Crippen LogP contribution in [-0.2, 0) is 14.0 Å². The van der Waals surface area contributed by atoms with E-state index in [0.717, 1.165) is 48.0 Å². The molecule has 2 aliphatic rings. The van der Waals surface area contributed by atoms with Crippen molar-refractivity contribution in [3.8, 4) is 11.3 Å². The Bertz CT molecular complexity index is 2080. The Kier molecular flexibility index (Phi) is 9.90. The predicted molar refractivity (Wildman–Crippen MR) is 202 cm³/mol. The number of alkyl halides is 3. The summed E-state index contributed by atoms with van der Waals surface area (Å²) in [6.45, 7) is 5.49. The van der Waals surface area contributed by atoms with Crippen molar-refractivity contribution in [2.24, 2.45) is 0 Å². The molecule has 2 aromatic heterocycles. The van der Waals surface area contributed by atoms with Crippen molar-refractivity contribution in [1.82, 2.24) is 20.5 Å². The molecule has 7 rings (SSSR count). The van der Waals surface area contributed by atoms with Gasteiger partial charge in [0.2, 0.25) is 0 Å². The molecule has 2 N–H and O–H groups in total. The van der Waals surface area contributed by atoms with Crippen LogP contribution in [0.3, 0.4) is 0 Å². The second-order valence-electron chi connectivity index (χ2n) is 13.4. The van der Waals surface area contributed by atoms with Crippen LogP contribution < -0.4 is 10.6 Å². The van der Waals surface area contributed by atoms with Gasteiger partial charge in [0.25, 0.3) is 0 Å². The van der Waals surface area contributed by atoms with Crippen molar-refractivity contribution in [3.05, 3.63) is 118 Å². The molecule has 258 valence electrons. The van der Waals surface area contributed by atoms with Crippen LogP contribution in [0.5, 0.6) is 0 Å². The zero-order valence-corrected chi connectivity index (χ0v) is 30.6.